The number of hydrogen-bond donors (Lipinski definition) is 0. The van der Waals surface area contributed by atoms with Gasteiger partial charge in [0.1, 0.15) is 6.61 Å². The molecule has 0 aliphatic heterocycles. The number of carbonyl (C=O) groups is 2. The number of esters is 1. The van der Waals surface area contributed by atoms with Crippen molar-refractivity contribution < 1.29 is 19.1 Å². The fraction of sp³-hybridized carbons (Fsp3) is 0.429. The molecule has 0 saturated carbocycles. The highest BCUT2D eigenvalue weighted by atomic mass is 16.6. The van der Waals surface area contributed by atoms with Gasteiger partial charge in [0.2, 0.25) is 0 Å². The number of amides is 1. The molecular formula is C14H19NO4. The van der Waals surface area contributed by atoms with Crippen LogP contribution in [0.25, 0.3) is 0 Å². The molecule has 0 aromatic heterocycles. The van der Waals surface area contributed by atoms with E-state index in [2.05, 4.69) is 4.74 Å². The number of methoxy groups -OCH3 is 1. The van der Waals surface area contributed by atoms with Gasteiger partial charge in [0.05, 0.1) is 13.5 Å². The van der Waals surface area contributed by atoms with E-state index in [-0.39, 0.29) is 25.0 Å². The quantitative estimate of drug-likeness (QED) is 0.766. The van der Waals surface area contributed by atoms with Crippen molar-refractivity contribution in [1.82, 2.24) is 4.90 Å². The van der Waals surface area contributed by atoms with Gasteiger partial charge in [0.15, 0.2) is 0 Å². The van der Waals surface area contributed by atoms with Crippen molar-refractivity contribution >= 4 is 12.1 Å². The van der Waals surface area contributed by atoms with E-state index < -0.39 is 6.09 Å². The van der Waals surface area contributed by atoms with Gasteiger partial charge in [-0.15, -0.1) is 0 Å². The Morgan fingerprint density at radius 3 is 2.47 bits per heavy atom. The molecule has 0 radical (unpaired) electrons. The van der Waals surface area contributed by atoms with Gasteiger partial charge in [0.25, 0.3) is 0 Å². The molecule has 0 bridgehead atoms. The van der Waals surface area contributed by atoms with Crippen LogP contribution in [0.2, 0.25) is 0 Å². The number of rotatable bonds is 5. The minimum absolute atomic E-state index is 0.146. The smallest absolute Gasteiger partial charge is 0.410 e. The van der Waals surface area contributed by atoms with E-state index in [0.29, 0.717) is 0 Å². The molecule has 0 aliphatic rings. The summed E-state index contributed by atoms with van der Waals surface area (Å²) in [6.45, 7) is 1.98. The van der Waals surface area contributed by atoms with Crippen molar-refractivity contribution in [2.75, 3.05) is 14.2 Å². The van der Waals surface area contributed by atoms with Crippen LogP contribution >= 0.6 is 0 Å². The first kappa shape index (κ1) is 15.0. The molecule has 0 fully saturated rings. The Hall–Kier alpha value is -2.04. The zero-order valence-electron chi connectivity index (χ0n) is 11.5. The highest BCUT2D eigenvalue weighted by Gasteiger charge is 2.20. The molecular weight excluding hydrogens is 246 g/mol. The molecule has 104 valence electrons. The number of carbonyl (C=O) groups excluding carboxylic acids is 2. The first-order valence-corrected chi connectivity index (χ1v) is 6.05. The molecule has 5 heteroatoms. The van der Waals surface area contributed by atoms with Crippen LogP contribution in [0.1, 0.15) is 18.9 Å². The Labute approximate surface area is 113 Å². The van der Waals surface area contributed by atoms with Crippen molar-refractivity contribution in [2.24, 2.45) is 0 Å². The topological polar surface area (TPSA) is 55.8 Å². The van der Waals surface area contributed by atoms with Crippen LogP contribution in [0, 0.1) is 0 Å². The van der Waals surface area contributed by atoms with E-state index in [1.165, 1.54) is 12.0 Å². The lowest BCUT2D eigenvalue weighted by Gasteiger charge is -2.23. The molecule has 1 aromatic rings. The number of nitrogens with zero attached hydrogens (tertiary/aromatic N) is 1. The van der Waals surface area contributed by atoms with Crippen LogP contribution in [-0.2, 0) is 20.9 Å². The second kappa shape index (κ2) is 7.41. The van der Waals surface area contributed by atoms with E-state index in [0.717, 1.165) is 5.56 Å². The van der Waals surface area contributed by atoms with Crippen LogP contribution in [0.4, 0.5) is 4.79 Å². The number of benzene rings is 1. The van der Waals surface area contributed by atoms with Crippen molar-refractivity contribution in [1.29, 1.82) is 0 Å². The first-order chi connectivity index (χ1) is 9.04. The average Bonchev–Trinajstić information content (AvgIpc) is 2.44. The third-order valence-corrected chi connectivity index (χ3v) is 2.84. The summed E-state index contributed by atoms with van der Waals surface area (Å²) in [6, 6.07) is 9.15. The molecule has 0 unspecified atom stereocenters. The lowest BCUT2D eigenvalue weighted by Crippen LogP contribution is -2.37. The van der Waals surface area contributed by atoms with Crippen molar-refractivity contribution in [3.05, 3.63) is 35.9 Å². The molecule has 1 aromatic carbocycles. The summed E-state index contributed by atoms with van der Waals surface area (Å²) in [6.07, 6.45) is -0.312. The Kier molecular flexibility index (Phi) is 5.85. The van der Waals surface area contributed by atoms with E-state index in [1.54, 1.807) is 14.0 Å². The van der Waals surface area contributed by atoms with Gasteiger partial charge in [-0.05, 0) is 12.5 Å². The summed E-state index contributed by atoms with van der Waals surface area (Å²) in [5, 5.41) is 0. The highest BCUT2D eigenvalue weighted by Crippen LogP contribution is 2.07. The van der Waals surface area contributed by atoms with E-state index in [1.807, 2.05) is 30.3 Å². The fourth-order valence-electron chi connectivity index (χ4n) is 1.46. The van der Waals surface area contributed by atoms with Crippen LogP contribution in [-0.4, -0.2) is 37.2 Å². The molecule has 0 N–H and O–H groups in total. The Morgan fingerprint density at radius 2 is 1.89 bits per heavy atom. The van der Waals surface area contributed by atoms with Crippen LogP contribution in [0.15, 0.2) is 30.3 Å². The van der Waals surface area contributed by atoms with Crippen molar-refractivity contribution in [3.63, 3.8) is 0 Å². The summed E-state index contributed by atoms with van der Waals surface area (Å²) in [5.41, 5.74) is 0.921. The lowest BCUT2D eigenvalue weighted by atomic mass is 10.2. The molecule has 0 aliphatic carbocycles. The first-order valence-electron chi connectivity index (χ1n) is 6.05. The van der Waals surface area contributed by atoms with Gasteiger partial charge < -0.3 is 14.4 Å². The minimum atomic E-state index is -0.458. The van der Waals surface area contributed by atoms with Crippen molar-refractivity contribution in [3.8, 4) is 0 Å². The zero-order valence-corrected chi connectivity index (χ0v) is 11.5. The second-order valence-corrected chi connectivity index (χ2v) is 4.28. The molecule has 1 rings (SSSR count). The summed E-state index contributed by atoms with van der Waals surface area (Å²) in [5.74, 6) is -0.352. The third-order valence-electron chi connectivity index (χ3n) is 2.84. The summed E-state index contributed by atoms with van der Waals surface area (Å²) in [7, 11) is 2.92. The summed E-state index contributed by atoms with van der Waals surface area (Å²) >= 11 is 0. The van der Waals surface area contributed by atoms with Gasteiger partial charge in [-0.3, -0.25) is 4.79 Å². The average molecular weight is 265 g/mol. The SMILES string of the molecule is COC(=O)C[C@@H](C)N(C)C(=O)OCc1ccccc1. The number of ether oxygens (including phenoxy) is 2. The molecule has 0 saturated heterocycles. The zero-order chi connectivity index (χ0) is 14.3. The Morgan fingerprint density at radius 1 is 1.26 bits per heavy atom. The molecule has 5 nitrogen and oxygen atoms in total. The highest BCUT2D eigenvalue weighted by molar-refractivity contribution is 5.72. The molecule has 1 atom stereocenters. The van der Waals surface area contributed by atoms with Crippen LogP contribution < -0.4 is 0 Å². The standard InChI is InChI=1S/C14H19NO4/c1-11(9-13(16)18-3)15(2)14(17)19-10-12-7-5-4-6-8-12/h4-8,11H,9-10H2,1-3H3/t11-/m1/s1. The third kappa shape index (κ3) is 4.99. The van der Waals surface area contributed by atoms with E-state index >= 15 is 0 Å². The predicted octanol–water partition coefficient (Wildman–Crippen LogP) is 2.21. The maximum atomic E-state index is 11.8. The summed E-state index contributed by atoms with van der Waals surface area (Å²) < 4.78 is 9.72. The molecule has 0 heterocycles. The summed E-state index contributed by atoms with van der Waals surface area (Å²) in [4.78, 5) is 24.3. The largest absolute Gasteiger partial charge is 0.469 e. The second-order valence-electron chi connectivity index (χ2n) is 4.28. The van der Waals surface area contributed by atoms with Crippen molar-refractivity contribution in [2.45, 2.75) is 26.0 Å². The normalized spacial score (nSPS) is 11.5. The molecule has 0 spiro atoms. The fourth-order valence-corrected chi connectivity index (χ4v) is 1.46. The van der Waals surface area contributed by atoms with E-state index in [9.17, 15) is 9.59 Å². The maximum absolute atomic E-state index is 11.8. The Bertz CT molecular complexity index is 419. The van der Waals surface area contributed by atoms with Crippen LogP contribution in [0.3, 0.4) is 0 Å². The minimum Gasteiger partial charge on any atom is -0.469 e. The van der Waals surface area contributed by atoms with E-state index in [4.69, 9.17) is 4.74 Å². The monoisotopic (exact) mass is 265 g/mol. The van der Waals surface area contributed by atoms with Gasteiger partial charge >= 0.3 is 12.1 Å². The number of hydrogen-bond acceptors (Lipinski definition) is 4. The van der Waals surface area contributed by atoms with Crippen LogP contribution in [0.5, 0.6) is 0 Å². The lowest BCUT2D eigenvalue weighted by molar-refractivity contribution is -0.141. The van der Waals surface area contributed by atoms with Gasteiger partial charge in [-0.2, -0.15) is 0 Å². The van der Waals surface area contributed by atoms with Gasteiger partial charge in [-0.1, -0.05) is 30.3 Å². The van der Waals surface area contributed by atoms with Gasteiger partial charge in [-0.25, -0.2) is 4.79 Å². The van der Waals surface area contributed by atoms with Gasteiger partial charge in [0, 0.05) is 13.1 Å². The predicted molar refractivity (Wildman–Crippen MR) is 70.5 cm³/mol. The molecule has 19 heavy (non-hydrogen) atoms. The maximum Gasteiger partial charge on any atom is 0.410 e. The Balaban J connectivity index is 2.42. The molecule has 1 amide bonds.